The van der Waals surface area contributed by atoms with Crippen LogP contribution in [0.25, 0.3) is 11.1 Å². The number of anilines is 2. The lowest BCUT2D eigenvalue weighted by atomic mass is 10.0. The van der Waals surface area contributed by atoms with E-state index in [1.807, 2.05) is 36.4 Å². The highest BCUT2D eigenvalue weighted by Gasteiger charge is 2.02. The quantitative estimate of drug-likeness (QED) is 0.776. The second kappa shape index (κ2) is 3.95. The molecule has 0 radical (unpaired) electrons. The first-order valence-corrected chi connectivity index (χ1v) is 5.37. The summed E-state index contributed by atoms with van der Waals surface area (Å²) < 4.78 is 1.06. The fourth-order valence-corrected chi connectivity index (χ4v) is 1.74. The first-order valence-electron chi connectivity index (χ1n) is 4.58. The van der Waals surface area contributed by atoms with Crippen molar-refractivity contribution >= 4 is 27.3 Å². The molecule has 0 aromatic heterocycles. The molecule has 0 fully saturated rings. The van der Waals surface area contributed by atoms with Gasteiger partial charge in [0.25, 0.3) is 0 Å². The van der Waals surface area contributed by atoms with Crippen LogP contribution in [-0.2, 0) is 0 Å². The Labute approximate surface area is 97.0 Å². The molecule has 0 bridgehead atoms. The molecule has 2 aromatic carbocycles. The third-order valence-electron chi connectivity index (χ3n) is 2.23. The molecule has 0 aliphatic rings. The third-order valence-corrected chi connectivity index (χ3v) is 2.76. The minimum Gasteiger partial charge on any atom is -0.399 e. The highest BCUT2D eigenvalue weighted by Crippen LogP contribution is 2.28. The first-order chi connectivity index (χ1) is 7.16. The molecule has 15 heavy (non-hydrogen) atoms. The van der Waals surface area contributed by atoms with Crippen LogP contribution in [0.5, 0.6) is 0 Å². The van der Waals surface area contributed by atoms with E-state index in [2.05, 4.69) is 15.9 Å². The van der Waals surface area contributed by atoms with Crippen molar-refractivity contribution in [1.82, 2.24) is 0 Å². The molecule has 0 unspecified atom stereocenters. The lowest BCUT2D eigenvalue weighted by Gasteiger charge is -2.06. The summed E-state index contributed by atoms with van der Waals surface area (Å²) >= 11 is 3.40. The maximum absolute atomic E-state index is 5.90. The summed E-state index contributed by atoms with van der Waals surface area (Å²) in [5, 5.41) is 0. The number of rotatable bonds is 1. The van der Waals surface area contributed by atoms with E-state index in [0.29, 0.717) is 11.4 Å². The number of nitrogens with two attached hydrogens (primary N) is 2. The van der Waals surface area contributed by atoms with Gasteiger partial charge in [-0.15, -0.1) is 0 Å². The zero-order valence-electron chi connectivity index (χ0n) is 8.07. The van der Waals surface area contributed by atoms with Crippen LogP contribution in [-0.4, -0.2) is 0 Å². The minimum absolute atomic E-state index is 0.688. The Hall–Kier alpha value is -1.48. The van der Waals surface area contributed by atoms with E-state index in [4.69, 9.17) is 11.5 Å². The summed E-state index contributed by atoms with van der Waals surface area (Å²) in [5.41, 5.74) is 15.0. The van der Waals surface area contributed by atoms with Crippen molar-refractivity contribution in [2.45, 2.75) is 0 Å². The smallest absolute Gasteiger partial charge is 0.0414 e. The summed E-state index contributed by atoms with van der Waals surface area (Å²) in [5.74, 6) is 0. The molecule has 76 valence electrons. The van der Waals surface area contributed by atoms with Crippen LogP contribution in [0.3, 0.4) is 0 Å². The van der Waals surface area contributed by atoms with E-state index in [1.165, 1.54) is 0 Å². The molecule has 3 heteroatoms. The standard InChI is InChI=1S/C12H11BrN2/c13-9-3-1-8(2-4-9)11-6-5-10(14)7-12(11)15/h1-7H,14-15H2. The highest BCUT2D eigenvalue weighted by molar-refractivity contribution is 9.10. The van der Waals surface area contributed by atoms with E-state index >= 15 is 0 Å². The van der Waals surface area contributed by atoms with Gasteiger partial charge in [-0.2, -0.15) is 0 Å². The Kier molecular flexibility index (Phi) is 2.64. The molecule has 0 spiro atoms. The van der Waals surface area contributed by atoms with Gasteiger partial charge in [0.15, 0.2) is 0 Å². The van der Waals surface area contributed by atoms with Gasteiger partial charge in [-0.05, 0) is 29.8 Å². The van der Waals surface area contributed by atoms with Crippen LogP contribution in [0.1, 0.15) is 0 Å². The van der Waals surface area contributed by atoms with Gasteiger partial charge in [0.2, 0.25) is 0 Å². The molecule has 2 aromatic rings. The molecule has 0 aliphatic heterocycles. The number of hydrogen-bond donors (Lipinski definition) is 2. The average molecular weight is 263 g/mol. The predicted molar refractivity (Wildman–Crippen MR) is 68.4 cm³/mol. The number of benzene rings is 2. The van der Waals surface area contributed by atoms with Crippen LogP contribution < -0.4 is 11.5 Å². The van der Waals surface area contributed by atoms with Crippen molar-refractivity contribution in [3.8, 4) is 11.1 Å². The highest BCUT2D eigenvalue weighted by atomic mass is 79.9. The summed E-state index contributed by atoms with van der Waals surface area (Å²) in [4.78, 5) is 0. The molecular formula is C12H11BrN2. The largest absolute Gasteiger partial charge is 0.399 e. The van der Waals surface area contributed by atoms with Crippen molar-refractivity contribution in [1.29, 1.82) is 0 Å². The van der Waals surface area contributed by atoms with Crippen LogP contribution in [0, 0.1) is 0 Å². The zero-order valence-corrected chi connectivity index (χ0v) is 9.66. The lowest BCUT2D eigenvalue weighted by molar-refractivity contribution is 1.58. The van der Waals surface area contributed by atoms with Gasteiger partial charge < -0.3 is 11.5 Å². The van der Waals surface area contributed by atoms with Crippen LogP contribution in [0.15, 0.2) is 46.9 Å². The summed E-state index contributed by atoms with van der Waals surface area (Å²) in [6.07, 6.45) is 0. The molecule has 0 aliphatic carbocycles. The average Bonchev–Trinajstić information content (AvgIpc) is 2.20. The molecule has 0 atom stereocenters. The normalized spacial score (nSPS) is 10.2. The maximum atomic E-state index is 5.90. The topological polar surface area (TPSA) is 52.0 Å². The van der Waals surface area contributed by atoms with E-state index in [9.17, 15) is 0 Å². The fourth-order valence-electron chi connectivity index (χ4n) is 1.47. The van der Waals surface area contributed by atoms with E-state index < -0.39 is 0 Å². The third kappa shape index (κ3) is 2.13. The Morgan fingerprint density at radius 2 is 1.53 bits per heavy atom. The monoisotopic (exact) mass is 262 g/mol. The second-order valence-electron chi connectivity index (χ2n) is 3.35. The van der Waals surface area contributed by atoms with Gasteiger partial charge in [0.1, 0.15) is 0 Å². The minimum atomic E-state index is 0.688. The van der Waals surface area contributed by atoms with E-state index in [-0.39, 0.29) is 0 Å². The molecular weight excluding hydrogens is 252 g/mol. The van der Waals surface area contributed by atoms with Gasteiger partial charge in [-0.25, -0.2) is 0 Å². The molecule has 0 saturated heterocycles. The van der Waals surface area contributed by atoms with Gasteiger partial charge in [0, 0.05) is 21.4 Å². The molecule has 2 rings (SSSR count). The molecule has 0 saturated carbocycles. The summed E-state index contributed by atoms with van der Waals surface area (Å²) in [6, 6.07) is 13.6. The van der Waals surface area contributed by atoms with Gasteiger partial charge in [-0.1, -0.05) is 34.1 Å². The van der Waals surface area contributed by atoms with Gasteiger partial charge in [-0.3, -0.25) is 0 Å². The van der Waals surface area contributed by atoms with Crippen molar-refractivity contribution in [2.75, 3.05) is 11.5 Å². The molecule has 0 amide bonds. The lowest BCUT2D eigenvalue weighted by Crippen LogP contribution is -1.92. The second-order valence-corrected chi connectivity index (χ2v) is 4.27. The SMILES string of the molecule is Nc1ccc(-c2ccc(Br)cc2)c(N)c1. The molecule has 4 N–H and O–H groups in total. The Morgan fingerprint density at radius 1 is 0.867 bits per heavy atom. The van der Waals surface area contributed by atoms with Gasteiger partial charge in [0.05, 0.1) is 0 Å². The fraction of sp³-hybridized carbons (Fsp3) is 0. The number of halogens is 1. The van der Waals surface area contributed by atoms with E-state index in [0.717, 1.165) is 15.6 Å². The van der Waals surface area contributed by atoms with Crippen molar-refractivity contribution in [2.24, 2.45) is 0 Å². The summed E-state index contributed by atoms with van der Waals surface area (Å²) in [6.45, 7) is 0. The predicted octanol–water partition coefficient (Wildman–Crippen LogP) is 3.28. The molecule has 0 heterocycles. The first kappa shape index (κ1) is 10.1. The van der Waals surface area contributed by atoms with Crippen LogP contribution in [0.2, 0.25) is 0 Å². The van der Waals surface area contributed by atoms with Crippen molar-refractivity contribution < 1.29 is 0 Å². The maximum Gasteiger partial charge on any atom is 0.0414 e. The number of hydrogen-bond acceptors (Lipinski definition) is 2. The Balaban J connectivity index is 2.49. The Morgan fingerprint density at radius 3 is 2.13 bits per heavy atom. The van der Waals surface area contributed by atoms with Crippen molar-refractivity contribution in [3.63, 3.8) is 0 Å². The Bertz CT molecular complexity index is 477. The molecule has 2 nitrogen and oxygen atoms in total. The van der Waals surface area contributed by atoms with Gasteiger partial charge >= 0.3 is 0 Å². The van der Waals surface area contributed by atoms with E-state index in [1.54, 1.807) is 6.07 Å². The van der Waals surface area contributed by atoms with Crippen LogP contribution >= 0.6 is 15.9 Å². The number of nitrogen functional groups attached to an aromatic ring is 2. The van der Waals surface area contributed by atoms with Crippen molar-refractivity contribution in [3.05, 3.63) is 46.9 Å². The van der Waals surface area contributed by atoms with Crippen LogP contribution in [0.4, 0.5) is 11.4 Å². The summed E-state index contributed by atoms with van der Waals surface area (Å²) in [7, 11) is 0. The zero-order chi connectivity index (χ0) is 10.8.